The summed E-state index contributed by atoms with van der Waals surface area (Å²) in [5.41, 5.74) is 1.21. The Morgan fingerprint density at radius 3 is 2.02 bits per heavy atom. The number of benzene rings is 3. The van der Waals surface area contributed by atoms with Gasteiger partial charge in [-0.2, -0.15) is 0 Å². The van der Waals surface area contributed by atoms with E-state index < -0.39 is 34.1 Å². The molecule has 0 saturated heterocycles. The lowest BCUT2D eigenvalue weighted by Crippen LogP contribution is -2.56. The molecule has 0 heterocycles. The van der Waals surface area contributed by atoms with Gasteiger partial charge in [0.05, 0.1) is 11.9 Å². The first-order valence-electron chi connectivity index (χ1n) is 12.5. The third-order valence-corrected chi connectivity index (χ3v) is 7.96. The second-order valence-electron chi connectivity index (χ2n) is 10.5. The topological polar surface area (TPSA) is 86.8 Å². The predicted octanol–water partition coefficient (Wildman–Crippen LogP) is 6.08. The molecule has 0 radical (unpaired) electrons. The van der Waals surface area contributed by atoms with E-state index in [1.807, 2.05) is 75.4 Å². The molecular formula is C29H32BrCl2N3O4S. The van der Waals surface area contributed by atoms with Crippen LogP contribution in [0.4, 0.5) is 5.69 Å². The summed E-state index contributed by atoms with van der Waals surface area (Å²) in [5, 5.41) is 3.44. The van der Waals surface area contributed by atoms with Crippen molar-refractivity contribution in [3.05, 3.63) is 98.4 Å². The largest absolute Gasteiger partial charge is 0.350 e. The van der Waals surface area contributed by atoms with Gasteiger partial charge < -0.3 is 10.2 Å². The zero-order valence-corrected chi connectivity index (χ0v) is 26.6. The molecule has 0 spiro atoms. The van der Waals surface area contributed by atoms with E-state index in [0.29, 0.717) is 0 Å². The van der Waals surface area contributed by atoms with E-state index in [0.717, 1.165) is 26.2 Å². The first kappa shape index (κ1) is 31.9. The van der Waals surface area contributed by atoms with Crippen molar-refractivity contribution in [3.63, 3.8) is 0 Å². The summed E-state index contributed by atoms with van der Waals surface area (Å²) in [7, 11) is -3.93. The van der Waals surface area contributed by atoms with Gasteiger partial charge in [0.1, 0.15) is 12.6 Å². The van der Waals surface area contributed by atoms with Gasteiger partial charge in [0.25, 0.3) is 0 Å². The van der Waals surface area contributed by atoms with Crippen molar-refractivity contribution < 1.29 is 18.0 Å². The minimum Gasteiger partial charge on any atom is -0.350 e. The lowest BCUT2D eigenvalue weighted by atomic mass is 10.0. The van der Waals surface area contributed by atoms with E-state index >= 15 is 0 Å². The fourth-order valence-corrected chi connectivity index (χ4v) is 5.70. The maximum Gasteiger partial charge on any atom is 0.244 e. The van der Waals surface area contributed by atoms with E-state index in [2.05, 4.69) is 21.2 Å². The monoisotopic (exact) mass is 667 g/mol. The average Bonchev–Trinajstić information content (AvgIpc) is 2.84. The number of nitrogens with zero attached hydrogens (tertiary/aromatic N) is 2. The summed E-state index contributed by atoms with van der Waals surface area (Å²) in [6.07, 6.45) is 1.23. The number of nitrogens with one attached hydrogen (secondary N) is 1. The number of rotatable bonds is 10. The molecule has 1 N–H and O–H groups in total. The van der Waals surface area contributed by atoms with Gasteiger partial charge in [-0.3, -0.25) is 13.9 Å². The molecule has 214 valence electrons. The van der Waals surface area contributed by atoms with Gasteiger partial charge in [-0.1, -0.05) is 81.6 Å². The molecule has 3 rings (SSSR count). The van der Waals surface area contributed by atoms with Gasteiger partial charge in [-0.05, 0) is 62.2 Å². The zero-order chi connectivity index (χ0) is 29.7. The van der Waals surface area contributed by atoms with E-state index in [-0.39, 0.29) is 34.6 Å². The Bertz CT molecular complexity index is 1430. The molecule has 0 aromatic heterocycles. The number of halogens is 3. The SMILES string of the molecule is CC(C)(C)NC(=O)C(Cc1ccccc1)N(Cc1ccc(Br)cc1)C(=O)CN(c1cc(Cl)cc(Cl)c1)S(C)(=O)=O. The Morgan fingerprint density at radius 1 is 0.925 bits per heavy atom. The number of amides is 2. The fourth-order valence-electron chi connectivity index (χ4n) is 4.09. The Balaban J connectivity index is 2.08. The molecule has 0 aliphatic heterocycles. The molecule has 0 bridgehead atoms. The van der Waals surface area contributed by atoms with Crippen molar-refractivity contribution >= 4 is 66.7 Å². The maximum absolute atomic E-state index is 14.1. The van der Waals surface area contributed by atoms with Crippen molar-refractivity contribution in [2.24, 2.45) is 0 Å². The highest BCUT2D eigenvalue weighted by Crippen LogP contribution is 2.28. The normalized spacial score (nSPS) is 12.5. The van der Waals surface area contributed by atoms with Crippen LogP contribution in [0, 0.1) is 0 Å². The molecule has 0 aliphatic rings. The van der Waals surface area contributed by atoms with Crippen LogP contribution < -0.4 is 9.62 Å². The number of sulfonamides is 1. The molecule has 0 fully saturated rings. The smallest absolute Gasteiger partial charge is 0.244 e. The van der Waals surface area contributed by atoms with Gasteiger partial charge >= 0.3 is 0 Å². The predicted molar refractivity (Wildman–Crippen MR) is 165 cm³/mol. The highest BCUT2D eigenvalue weighted by Gasteiger charge is 2.34. The number of carbonyl (C=O) groups is 2. The van der Waals surface area contributed by atoms with Gasteiger partial charge in [-0.15, -0.1) is 0 Å². The summed E-state index contributed by atoms with van der Waals surface area (Å²) < 4.78 is 27.6. The molecule has 0 saturated carbocycles. The summed E-state index contributed by atoms with van der Waals surface area (Å²) in [4.78, 5) is 29.2. The Hall–Kier alpha value is -2.59. The number of anilines is 1. The van der Waals surface area contributed by atoms with Crippen LogP contribution in [0.1, 0.15) is 31.9 Å². The zero-order valence-electron chi connectivity index (χ0n) is 22.7. The number of hydrogen-bond donors (Lipinski definition) is 1. The van der Waals surface area contributed by atoms with E-state index in [1.165, 1.54) is 23.1 Å². The molecule has 7 nitrogen and oxygen atoms in total. The second kappa shape index (κ2) is 13.4. The molecule has 3 aromatic carbocycles. The molecule has 2 amide bonds. The van der Waals surface area contributed by atoms with E-state index in [1.54, 1.807) is 0 Å². The van der Waals surface area contributed by atoms with Crippen LogP contribution in [0.25, 0.3) is 0 Å². The van der Waals surface area contributed by atoms with Crippen molar-refractivity contribution in [2.75, 3.05) is 17.1 Å². The Labute approximate surface area is 254 Å². The van der Waals surface area contributed by atoms with Crippen LogP contribution in [0.15, 0.2) is 77.3 Å². The third-order valence-electron chi connectivity index (χ3n) is 5.85. The summed E-state index contributed by atoms with van der Waals surface area (Å²) in [6, 6.07) is 20.1. The van der Waals surface area contributed by atoms with Gasteiger partial charge in [0.15, 0.2) is 0 Å². The Kier molecular flexibility index (Phi) is 10.7. The summed E-state index contributed by atoms with van der Waals surface area (Å²) >= 11 is 15.7. The highest BCUT2D eigenvalue weighted by molar-refractivity contribution is 9.10. The third kappa shape index (κ3) is 9.51. The van der Waals surface area contributed by atoms with Crippen LogP contribution in [-0.4, -0.2) is 49.5 Å². The van der Waals surface area contributed by atoms with Crippen LogP contribution in [-0.2, 0) is 32.6 Å². The Morgan fingerprint density at radius 2 is 1.50 bits per heavy atom. The first-order chi connectivity index (χ1) is 18.6. The minimum atomic E-state index is -3.93. The molecule has 1 atom stereocenters. The molecule has 11 heteroatoms. The van der Waals surface area contributed by atoms with Gasteiger partial charge in [0, 0.05) is 33.0 Å². The average molecular weight is 669 g/mol. The summed E-state index contributed by atoms with van der Waals surface area (Å²) in [5.74, 6) is -0.909. The molecule has 1 unspecified atom stereocenters. The minimum absolute atomic E-state index is 0.0785. The van der Waals surface area contributed by atoms with Crippen molar-refractivity contribution in [2.45, 2.75) is 45.3 Å². The quantitative estimate of drug-likeness (QED) is 0.284. The fraction of sp³-hybridized carbons (Fsp3) is 0.310. The van der Waals surface area contributed by atoms with E-state index in [4.69, 9.17) is 23.2 Å². The van der Waals surface area contributed by atoms with Crippen LogP contribution in [0.3, 0.4) is 0 Å². The van der Waals surface area contributed by atoms with Gasteiger partial charge in [-0.25, -0.2) is 8.42 Å². The molecule has 3 aromatic rings. The number of hydrogen-bond acceptors (Lipinski definition) is 4. The van der Waals surface area contributed by atoms with Crippen LogP contribution in [0.5, 0.6) is 0 Å². The van der Waals surface area contributed by atoms with Crippen molar-refractivity contribution in [3.8, 4) is 0 Å². The highest BCUT2D eigenvalue weighted by atomic mass is 79.9. The van der Waals surface area contributed by atoms with E-state index in [9.17, 15) is 18.0 Å². The maximum atomic E-state index is 14.1. The summed E-state index contributed by atoms with van der Waals surface area (Å²) in [6.45, 7) is 5.11. The molecule has 40 heavy (non-hydrogen) atoms. The van der Waals surface area contributed by atoms with Gasteiger partial charge in [0.2, 0.25) is 21.8 Å². The van der Waals surface area contributed by atoms with Crippen molar-refractivity contribution in [1.82, 2.24) is 10.2 Å². The van der Waals surface area contributed by atoms with Crippen LogP contribution >= 0.6 is 39.1 Å². The molecule has 0 aliphatic carbocycles. The second-order valence-corrected chi connectivity index (χ2v) is 14.2. The molecular weight excluding hydrogens is 637 g/mol. The lowest BCUT2D eigenvalue weighted by molar-refractivity contribution is -0.140. The van der Waals surface area contributed by atoms with Crippen molar-refractivity contribution in [1.29, 1.82) is 0 Å². The first-order valence-corrected chi connectivity index (χ1v) is 15.9. The number of carbonyl (C=O) groups excluding carboxylic acids is 2. The standard InChI is InChI=1S/C29H32BrCl2N3O4S/c1-29(2,3)33-28(37)26(14-20-8-6-5-7-9-20)34(18-21-10-12-22(30)13-11-21)27(36)19-35(40(4,38)39)25-16-23(31)15-24(32)17-25/h5-13,15-17,26H,14,18-19H2,1-4H3,(H,33,37). The van der Waals surface area contributed by atoms with Crippen LogP contribution in [0.2, 0.25) is 10.0 Å². The lowest BCUT2D eigenvalue weighted by Gasteiger charge is -2.35.